The van der Waals surface area contributed by atoms with Gasteiger partial charge in [-0.1, -0.05) is 18.9 Å². The number of hydrogen-bond acceptors (Lipinski definition) is 5. The molecule has 0 radical (unpaired) electrons. The van der Waals surface area contributed by atoms with Crippen molar-refractivity contribution in [2.45, 2.75) is 44.7 Å². The summed E-state index contributed by atoms with van der Waals surface area (Å²) in [7, 11) is 1.51. The van der Waals surface area contributed by atoms with Crippen LogP contribution in [-0.4, -0.2) is 31.1 Å². The molecule has 0 heterocycles. The van der Waals surface area contributed by atoms with E-state index in [2.05, 4.69) is 5.32 Å². The number of nitrogens with two attached hydrogens (primary N) is 2. The van der Waals surface area contributed by atoms with Crippen LogP contribution < -0.4 is 26.3 Å². The number of primary amides is 1. The normalized spacial score (nSPS) is 22.9. The Kier molecular flexibility index (Phi) is 6.25. The number of amides is 2. The van der Waals surface area contributed by atoms with E-state index in [0.717, 1.165) is 31.2 Å². The standard InChI is InChI=1S/C18H27N3O4/c1-18(20)8-4-3-5-13(18)17(23)21-10-12-6-7-14(15(9-12)24-2)25-11-16(19)22/h6-7,9,13H,3-5,8,10-11,20H2,1-2H3,(H2,19,22)(H,21,23). The fourth-order valence-corrected chi connectivity index (χ4v) is 3.19. The Morgan fingerprint density at radius 1 is 1.32 bits per heavy atom. The highest BCUT2D eigenvalue weighted by atomic mass is 16.5. The van der Waals surface area contributed by atoms with E-state index in [1.807, 2.05) is 13.0 Å². The summed E-state index contributed by atoms with van der Waals surface area (Å²) in [6.45, 7) is 2.10. The molecule has 0 saturated heterocycles. The van der Waals surface area contributed by atoms with Crippen LogP contribution in [0.3, 0.4) is 0 Å². The smallest absolute Gasteiger partial charge is 0.255 e. The fraction of sp³-hybridized carbons (Fsp3) is 0.556. The lowest BCUT2D eigenvalue weighted by molar-refractivity contribution is -0.128. The predicted molar refractivity (Wildman–Crippen MR) is 94.1 cm³/mol. The first-order valence-electron chi connectivity index (χ1n) is 8.48. The van der Waals surface area contributed by atoms with Crippen molar-refractivity contribution in [1.29, 1.82) is 0 Å². The lowest BCUT2D eigenvalue weighted by Gasteiger charge is -2.37. The molecule has 2 unspecified atom stereocenters. The molecule has 2 amide bonds. The second-order valence-electron chi connectivity index (χ2n) is 6.76. The number of nitrogens with one attached hydrogen (secondary N) is 1. The minimum Gasteiger partial charge on any atom is -0.493 e. The number of carbonyl (C=O) groups excluding carboxylic acids is 2. The molecule has 0 bridgehead atoms. The van der Waals surface area contributed by atoms with Crippen LogP contribution in [0.25, 0.3) is 0 Å². The molecule has 1 aliphatic carbocycles. The molecule has 1 aliphatic rings. The van der Waals surface area contributed by atoms with Gasteiger partial charge in [-0.2, -0.15) is 0 Å². The second-order valence-corrected chi connectivity index (χ2v) is 6.76. The topological polar surface area (TPSA) is 117 Å². The van der Waals surface area contributed by atoms with Gasteiger partial charge in [-0.15, -0.1) is 0 Å². The van der Waals surface area contributed by atoms with Gasteiger partial charge in [0.1, 0.15) is 0 Å². The van der Waals surface area contributed by atoms with Crippen LogP contribution in [0, 0.1) is 5.92 Å². The third-order valence-electron chi connectivity index (χ3n) is 4.64. The van der Waals surface area contributed by atoms with E-state index >= 15 is 0 Å². The van der Waals surface area contributed by atoms with E-state index in [0.29, 0.717) is 18.0 Å². The van der Waals surface area contributed by atoms with Gasteiger partial charge in [-0.05, 0) is 37.5 Å². The molecule has 1 fully saturated rings. The fourth-order valence-electron chi connectivity index (χ4n) is 3.19. The molecule has 2 atom stereocenters. The van der Waals surface area contributed by atoms with Crippen LogP contribution in [-0.2, 0) is 16.1 Å². The van der Waals surface area contributed by atoms with Gasteiger partial charge in [0, 0.05) is 12.1 Å². The molecule has 138 valence electrons. The van der Waals surface area contributed by atoms with Crippen molar-refractivity contribution in [2.24, 2.45) is 17.4 Å². The molecule has 2 rings (SSSR count). The zero-order valence-corrected chi connectivity index (χ0v) is 14.8. The van der Waals surface area contributed by atoms with E-state index in [1.165, 1.54) is 7.11 Å². The Morgan fingerprint density at radius 3 is 2.72 bits per heavy atom. The third kappa shape index (κ3) is 5.09. The SMILES string of the molecule is COc1cc(CNC(=O)C2CCCCC2(C)N)ccc1OCC(N)=O. The summed E-state index contributed by atoms with van der Waals surface area (Å²) in [6.07, 6.45) is 3.79. The number of ether oxygens (including phenoxy) is 2. The van der Waals surface area contributed by atoms with Crippen molar-refractivity contribution < 1.29 is 19.1 Å². The summed E-state index contributed by atoms with van der Waals surface area (Å²) >= 11 is 0. The van der Waals surface area contributed by atoms with Crippen LogP contribution in [0.2, 0.25) is 0 Å². The molecule has 7 nitrogen and oxygen atoms in total. The van der Waals surface area contributed by atoms with Crippen LogP contribution in [0.15, 0.2) is 18.2 Å². The summed E-state index contributed by atoms with van der Waals surface area (Å²) in [4.78, 5) is 23.3. The number of methoxy groups -OCH3 is 1. The van der Waals surface area contributed by atoms with Gasteiger partial charge in [0.05, 0.1) is 13.0 Å². The Balaban J connectivity index is 1.98. The van der Waals surface area contributed by atoms with Crippen LogP contribution in [0.1, 0.15) is 38.2 Å². The number of carbonyl (C=O) groups is 2. The van der Waals surface area contributed by atoms with Gasteiger partial charge < -0.3 is 26.3 Å². The van der Waals surface area contributed by atoms with E-state index < -0.39 is 11.4 Å². The highest BCUT2D eigenvalue weighted by molar-refractivity contribution is 5.80. The van der Waals surface area contributed by atoms with Crippen molar-refractivity contribution in [3.63, 3.8) is 0 Å². The number of rotatable bonds is 7. The van der Waals surface area contributed by atoms with Gasteiger partial charge >= 0.3 is 0 Å². The van der Waals surface area contributed by atoms with Crippen molar-refractivity contribution in [3.05, 3.63) is 23.8 Å². The Morgan fingerprint density at radius 2 is 2.08 bits per heavy atom. The molecular formula is C18H27N3O4. The summed E-state index contributed by atoms with van der Waals surface area (Å²) in [5.41, 5.74) is 11.8. The van der Waals surface area contributed by atoms with Crippen molar-refractivity contribution in [2.75, 3.05) is 13.7 Å². The summed E-state index contributed by atoms with van der Waals surface area (Å²) in [6, 6.07) is 5.26. The molecule has 25 heavy (non-hydrogen) atoms. The van der Waals surface area contributed by atoms with Crippen LogP contribution in [0.5, 0.6) is 11.5 Å². The highest BCUT2D eigenvalue weighted by Crippen LogP contribution is 2.32. The Hall–Kier alpha value is -2.28. The molecule has 5 N–H and O–H groups in total. The zero-order chi connectivity index (χ0) is 18.4. The van der Waals surface area contributed by atoms with Gasteiger partial charge in [-0.25, -0.2) is 0 Å². The van der Waals surface area contributed by atoms with Gasteiger partial charge in [0.2, 0.25) is 5.91 Å². The van der Waals surface area contributed by atoms with E-state index in [1.54, 1.807) is 12.1 Å². The average molecular weight is 349 g/mol. The molecule has 0 spiro atoms. The quantitative estimate of drug-likeness (QED) is 0.681. The van der Waals surface area contributed by atoms with Crippen molar-refractivity contribution >= 4 is 11.8 Å². The maximum atomic E-state index is 12.5. The van der Waals surface area contributed by atoms with Gasteiger partial charge in [0.15, 0.2) is 18.1 Å². The van der Waals surface area contributed by atoms with E-state index in [9.17, 15) is 9.59 Å². The molecular weight excluding hydrogens is 322 g/mol. The van der Waals surface area contributed by atoms with Crippen LogP contribution in [0.4, 0.5) is 0 Å². The first kappa shape index (κ1) is 19.1. The number of benzene rings is 1. The second kappa shape index (κ2) is 8.20. The maximum Gasteiger partial charge on any atom is 0.255 e. The first-order valence-corrected chi connectivity index (χ1v) is 8.48. The largest absolute Gasteiger partial charge is 0.493 e. The lowest BCUT2D eigenvalue weighted by Crippen LogP contribution is -2.52. The van der Waals surface area contributed by atoms with E-state index in [4.69, 9.17) is 20.9 Å². The number of hydrogen-bond donors (Lipinski definition) is 3. The van der Waals surface area contributed by atoms with E-state index in [-0.39, 0.29) is 18.4 Å². The molecule has 0 aliphatic heterocycles. The average Bonchev–Trinajstić information content (AvgIpc) is 2.57. The van der Waals surface area contributed by atoms with Crippen molar-refractivity contribution in [3.8, 4) is 11.5 Å². The zero-order valence-electron chi connectivity index (χ0n) is 14.8. The van der Waals surface area contributed by atoms with Gasteiger partial charge in [-0.3, -0.25) is 9.59 Å². The minimum atomic E-state index is -0.560. The predicted octanol–water partition coefficient (Wildman–Crippen LogP) is 1.08. The Bertz CT molecular complexity index is 631. The van der Waals surface area contributed by atoms with Gasteiger partial charge in [0.25, 0.3) is 5.91 Å². The molecule has 1 aromatic rings. The third-order valence-corrected chi connectivity index (χ3v) is 4.64. The first-order chi connectivity index (χ1) is 11.8. The highest BCUT2D eigenvalue weighted by Gasteiger charge is 2.37. The molecule has 1 aromatic carbocycles. The lowest BCUT2D eigenvalue weighted by atomic mass is 9.74. The molecule has 0 aromatic heterocycles. The summed E-state index contributed by atoms with van der Waals surface area (Å²) in [5, 5.41) is 2.96. The monoisotopic (exact) mass is 349 g/mol. The molecule has 1 saturated carbocycles. The van der Waals surface area contributed by atoms with Crippen molar-refractivity contribution in [1.82, 2.24) is 5.32 Å². The molecule has 7 heteroatoms. The Labute approximate surface area is 148 Å². The summed E-state index contributed by atoms with van der Waals surface area (Å²) in [5.74, 6) is 0.169. The summed E-state index contributed by atoms with van der Waals surface area (Å²) < 4.78 is 10.6. The maximum absolute atomic E-state index is 12.5. The van der Waals surface area contributed by atoms with Crippen LogP contribution >= 0.6 is 0 Å². The minimum absolute atomic E-state index is 0.0160.